The highest BCUT2D eigenvalue weighted by atomic mass is 15.3. The molecular formula is C13H20N4. The highest BCUT2D eigenvalue weighted by molar-refractivity contribution is 5.41. The Morgan fingerprint density at radius 2 is 2.06 bits per heavy atom. The molecule has 0 bridgehead atoms. The van der Waals surface area contributed by atoms with E-state index in [9.17, 15) is 0 Å². The summed E-state index contributed by atoms with van der Waals surface area (Å²) in [5.74, 6) is 1.98. The van der Waals surface area contributed by atoms with Gasteiger partial charge in [-0.2, -0.15) is 5.10 Å². The van der Waals surface area contributed by atoms with Crippen LogP contribution in [0.15, 0.2) is 12.1 Å². The SMILES string of the molecule is CNCc1ccc(N(CC2CC2)C2CC2)nn1. The van der Waals surface area contributed by atoms with Crippen LogP contribution in [0.5, 0.6) is 0 Å². The zero-order chi connectivity index (χ0) is 11.7. The highest BCUT2D eigenvalue weighted by Gasteiger charge is 2.34. The van der Waals surface area contributed by atoms with E-state index in [0.29, 0.717) is 0 Å². The second-order valence-electron chi connectivity index (χ2n) is 5.24. The third-order valence-corrected chi connectivity index (χ3v) is 3.50. The van der Waals surface area contributed by atoms with E-state index in [-0.39, 0.29) is 0 Å². The molecule has 4 nitrogen and oxygen atoms in total. The van der Waals surface area contributed by atoms with E-state index in [4.69, 9.17) is 0 Å². The van der Waals surface area contributed by atoms with Gasteiger partial charge in [0.05, 0.1) is 5.69 Å². The molecule has 0 unspecified atom stereocenters. The Morgan fingerprint density at radius 1 is 1.24 bits per heavy atom. The summed E-state index contributed by atoms with van der Waals surface area (Å²) in [6.45, 7) is 1.98. The quantitative estimate of drug-likeness (QED) is 0.808. The van der Waals surface area contributed by atoms with Crippen molar-refractivity contribution in [2.24, 2.45) is 5.92 Å². The van der Waals surface area contributed by atoms with Crippen LogP contribution in [0.2, 0.25) is 0 Å². The Bertz CT molecular complexity index is 368. The third-order valence-electron chi connectivity index (χ3n) is 3.50. The lowest BCUT2D eigenvalue weighted by Gasteiger charge is -2.22. The first-order chi connectivity index (χ1) is 8.36. The molecular weight excluding hydrogens is 212 g/mol. The summed E-state index contributed by atoms with van der Waals surface area (Å²) in [5.41, 5.74) is 1.01. The van der Waals surface area contributed by atoms with Crippen molar-refractivity contribution in [2.75, 3.05) is 18.5 Å². The molecule has 0 radical (unpaired) electrons. The molecule has 0 saturated heterocycles. The summed E-state index contributed by atoms with van der Waals surface area (Å²) < 4.78 is 0. The van der Waals surface area contributed by atoms with Gasteiger partial charge in [-0.05, 0) is 50.8 Å². The Hall–Kier alpha value is -1.16. The number of nitrogens with zero attached hydrogens (tertiary/aromatic N) is 3. The second-order valence-corrected chi connectivity index (χ2v) is 5.24. The molecule has 4 heteroatoms. The van der Waals surface area contributed by atoms with Crippen LogP contribution in [0.4, 0.5) is 5.82 Å². The Morgan fingerprint density at radius 3 is 2.59 bits per heavy atom. The number of aromatic nitrogens is 2. The van der Waals surface area contributed by atoms with Gasteiger partial charge in [0.15, 0.2) is 5.82 Å². The highest BCUT2D eigenvalue weighted by Crippen LogP contribution is 2.36. The largest absolute Gasteiger partial charge is 0.352 e. The molecule has 2 aliphatic rings. The predicted molar refractivity (Wildman–Crippen MR) is 67.9 cm³/mol. The Kier molecular flexibility index (Phi) is 2.97. The Labute approximate surface area is 102 Å². The molecule has 2 fully saturated rings. The Balaban J connectivity index is 1.70. The van der Waals surface area contributed by atoms with Crippen LogP contribution in [0.25, 0.3) is 0 Å². The number of hydrogen-bond donors (Lipinski definition) is 1. The summed E-state index contributed by atoms with van der Waals surface area (Å²) in [6.07, 6.45) is 5.45. The van der Waals surface area contributed by atoms with Gasteiger partial charge in [0, 0.05) is 19.1 Å². The van der Waals surface area contributed by atoms with E-state index in [0.717, 1.165) is 30.0 Å². The van der Waals surface area contributed by atoms with Gasteiger partial charge in [-0.3, -0.25) is 0 Å². The summed E-state index contributed by atoms with van der Waals surface area (Å²) >= 11 is 0. The van der Waals surface area contributed by atoms with Crippen LogP contribution in [0.3, 0.4) is 0 Å². The minimum Gasteiger partial charge on any atom is -0.352 e. The van der Waals surface area contributed by atoms with E-state index in [2.05, 4.69) is 32.5 Å². The lowest BCUT2D eigenvalue weighted by Crippen LogP contribution is -2.29. The van der Waals surface area contributed by atoms with E-state index >= 15 is 0 Å². The smallest absolute Gasteiger partial charge is 0.151 e. The maximum Gasteiger partial charge on any atom is 0.151 e. The van der Waals surface area contributed by atoms with E-state index in [1.54, 1.807) is 0 Å². The minimum atomic E-state index is 0.736. The average molecular weight is 232 g/mol. The maximum absolute atomic E-state index is 4.38. The van der Waals surface area contributed by atoms with Gasteiger partial charge >= 0.3 is 0 Å². The molecule has 0 aromatic carbocycles. The van der Waals surface area contributed by atoms with Crippen LogP contribution >= 0.6 is 0 Å². The molecule has 17 heavy (non-hydrogen) atoms. The zero-order valence-corrected chi connectivity index (χ0v) is 10.4. The lowest BCUT2D eigenvalue weighted by atomic mass is 10.3. The number of nitrogens with one attached hydrogen (secondary N) is 1. The molecule has 92 valence electrons. The molecule has 0 atom stereocenters. The third kappa shape index (κ3) is 2.75. The first-order valence-corrected chi connectivity index (χ1v) is 6.60. The van der Waals surface area contributed by atoms with Gasteiger partial charge in [0.2, 0.25) is 0 Å². The molecule has 2 aliphatic carbocycles. The number of hydrogen-bond acceptors (Lipinski definition) is 4. The maximum atomic E-state index is 4.38. The van der Waals surface area contributed by atoms with Crippen LogP contribution in [-0.2, 0) is 6.54 Å². The van der Waals surface area contributed by atoms with E-state index in [1.807, 2.05) is 7.05 Å². The normalized spacial score (nSPS) is 19.4. The van der Waals surface area contributed by atoms with E-state index in [1.165, 1.54) is 32.2 Å². The molecule has 0 spiro atoms. The molecule has 0 aliphatic heterocycles. The second kappa shape index (κ2) is 4.61. The summed E-state index contributed by atoms with van der Waals surface area (Å²) in [4.78, 5) is 2.47. The summed E-state index contributed by atoms with van der Waals surface area (Å²) in [7, 11) is 1.93. The lowest BCUT2D eigenvalue weighted by molar-refractivity contribution is 0.693. The van der Waals surface area contributed by atoms with Crippen molar-refractivity contribution in [1.29, 1.82) is 0 Å². The van der Waals surface area contributed by atoms with E-state index < -0.39 is 0 Å². The van der Waals surface area contributed by atoms with Gasteiger partial charge in [0.1, 0.15) is 0 Å². The fourth-order valence-electron chi connectivity index (χ4n) is 2.18. The topological polar surface area (TPSA) is 41.0 Å². The van der Waals surface area contributed by atoms with Crippen molar-refractivity contribution in [2.45, 2.75) is 38.3 Å². The molecule has 1 heterocycles. The van der Waals surface area contributed by atoms with Crippen molar-refractivity contribution in [3.63, 3.8) is 0 Å². The zero-order valence-electron chi connectivity index (χ0n) is 10.4. The van der Waals surface area contributed by atoms with Crippen molar-refractivity contribution >= 4 is 5.82 Å². The van der Waals surface area contributed by atoms with Crippen LogP contribution in [0, 0.1) is 5.92 Å². The molecule has 2 saturated carbocycles. The van der Waals surface area contributed by atoms with Crippen molar-refractivity contribution in [3.05, 3.63) is 17.8 Å². The first kappa shape index (κ1) is 11.0. The standard InChI is InChI=1S/C13H20N4/c1-14-8-11-4-7-13(16-15-11)17(12-5-6-12)9-10-2-3-10/h4,7,10,12,14H,2-3,5-6,8-9H2,1H3. The van der Waals surface area contributed by atoms with Gasteiger partial charge in [-0.1, -0.05) is 0 Å². The minimum absolute atomic E-state index is 0.736. The van der Waals surface area contributed by atoms with Crippen LogP contribution in [0.1, 0.15) is 31.4 Å². The molecule has 1 N–H and O–H groups in total. The molecule has 0 amide bonds. The summed E-state index contributed by atoms with van der Waals surface area (Å²) in [6, 6.07) is 4.95. The predicted octanol–water partition coefficient (Wildman–Crippen LogP) is 1.57. The van der Waals surface area contributed by atoms with Gasteiger partial charge < -0.3 is 10.2 Å². The number of rotatable bonds is 6. The number of anilines is 1. The van der Waals surface area contributed by atoms with Gasteiger partial charge in [-0.15, -0.1) is 5.10 Å². The van der Waals surface area contributed by atoms with Gasteiger partial charge in [0.25, 0.3) is 0 Å². The fraction of sp³-hybridized carbons (Fsp3) is 0.692. The van der Waals surface area contributed by atoms with Crippen LogP contribution in [-0.4, -0.2) is 29.8 Å². The monoisotopic (exact) mass is 232 g/mol. The van der Waals surface area contributed by atoms with Crippen molar-refractivity contribution < 1.29 is 0 Å². The van der Waals surface area contributed by atoms with Crippen molar-refractivity contribution in [3.8, 4) is 0 Å². The van der Waals surface area contributed by atoms with Crippen LogP contribution < -0.4 is 10.2 Å². The van der Waals surface area contributed by atoms with Gasteiger partial charge in [-0.25, -0.2) is 0 Å². The fourth-order valence-corrected chi connectivity index (χ4v) is 2.18. The molecule has 1 aromatic heterocycles. The van der Waals surface area contributed by atoms with Crippen molar-refractivity contribution in [1.82, 2.24) is 15.5 Å². The first-order valence-electron chi connectivity index (χ1n) is 6.60. The molecule has 1 aromatic rings. The summed E-state index contributed by atoms with van der Waals surface area (Å²) in [5, 5.41) is 11.7. The molecule has 3 rings (SSSR count). The average Bonchev–Trinajstić information content (AvgIpc) is 3.21.